The number of hydrogen-bond acceptors (Lipinski definition) is 5. The molecular weight excluding hydrogens is 547 g/mol. The normalized spacial score (nSPS) is 19.8. The average Bonchev–Trinajstić information content (AvgIpc) is 2.83. The number of nitrogens with one attached hydrogen (secondary N) is 2. The summed E-state index contributed by atoms with van der Waals surface area (Å²) in [6.07, 6.45) is 1.08. The maximum atomic E-state index is 13.5. The first-order valence-corrected chi connectivity index (χ1v) is 13.5. The summed E-state index contributed by atoms with van der Waals surface area (Å²) < 4.78 is 11.6. The third-order valence-corrected chi connectivity index (χ3v) is 5.77. The molecule has 0 saturated carbocycles. The van der Waals surface area contributed by atoms with E-state index in [9.17, 15) is 9.59 Å². The zero-order chi connectivity index (χ0) is 25.2. The smallest absolute Gasteiger partial charge is 0.335 e. The molecule has 1 fully saturated rings. The molecule has 1 heterocycles. The molecule has 0 radical (unpaired) electrons. The molecular formula is C26H35IN2O5. The van der Waals surface area contributed by atoms with Gasteiger partial charge < -0.3 is 19.9 Å². The second-order valence-electron chi connectivity index (χ2n) is 8.83. The lowest BCUT2D eigenvalue weighted by Crippen LogP contribution is -2.63. The van der Waals surface area contributed by atoms with Gasteiger partial charge in [0.2, 0.25) is 5.91 Å². The Morgan fingerprint density at radius 1 is 1.12 bits per heavy atom. The first kappa shape index (κ1) is 28.1. The molecule has 0 spiro atoms. The number of alkyl halides is 1. The van der Waals surface area contributed by atoms with Crippen LogP contribution in [0.1, 0.15) is 55.6 Å². The minimum absolute atomic E-state index is 0.0941. The summed E-state index contributed by atoms with van der Waals surface area (Å²) in [7, 11) is 0. The maximum absolute atomic E-state index is 13.5. The van der Waals surface area contributed by atoms with Gasteiger partial charge in [0.1, 0.15) is 17.9 Å². The Labute approximate surface area is 215 Å². The number of halogens is 1. The van der Waals surface area contributed by atoms with Gasteiger partial charge in [-0.15, -0.1) is 0 Å². The van der Waals surface area contributed by atoms with E-state index in [4.69, 9.17) is 14.6 Å². The molecule has 0 aliphatic carbocycles. The lowest BCUT2D eigenvalue weighted by molar-refractivity contribution is -0.142. The third-order valence-electron chi connectivity index (χ3n) is 5.77. The number of carboxylic acid groups (broad SMARTS) is 1. The lowest BCUT2D eigenvalue weighted by Gasteiger charge is -2.44. The number of carbonyl (C=O) groups excluding carboxylic acids is 1. The molecule has 1 unspecified atom stereocenters. The van der Waals surface area contributed by atoms with E-state index >= 15 is 0 Å². The molecule has 8 heteroatoms. The van der Waals surface area contributed by atoms with E-state index in [1.165, 1.54) is 0 Å². The number of carboxylic acids is 1. The Bertz CT molecular complexity index is 921. The van der Waals surface area contributed by atoms with Crippen LogP contribution in [-0.2, 0) is 9.53 Å². The molecule has 0 aromatic heterocycles. The van der Waals surface area contributed by atoms with Crippen LogP contribution in [0.5, 0.6) is 5.75 Å². The van der Waals surface area contributed by atoms with Crippen LogP contribution in [0.3, 0.4) is 0 Å². The van der Waals surface area contributed by atoms with E-state index < -0.39 is 17.1 Å². The van der Waals surface area contributed by atoms with Crippen molar-refractivity contribution in [2.75, 3.05) is 24.7 Å². The summed E-state index contributed by atoms with van der Waals surface area (Å²) >= 11 is 2.15. The molecule has 34 heavy (non-hydrogen) atoms. The predicted octanol–water partition coefficient (Wildman–Crippen LogP) is 4.61. The summed E-state index contributed by atoms with van der Waals surface area (Å²) in [6.45, 7) is 7.31. The van der Waals surface area contributed by atoms with Gasteiger partial charge in [-0.2, -0.15) is 0 Å². The van der Waals surface area contributed by atoms with E-state index in [1.54, 1.807) is 24.3 Å². The minimum atomic E-state index is -0.974. The second-order valence-corrected chi connectivity index (χ2v) is 8.83. The van der Waals surface area contributed by atoms with Crippen LogP contribution in [0.2, 0.25) is 0 Å². The molecule has 186 valence electrons. The van der Waals surface area contributed by atoms with Crippen LogP contribution in [0.25, 0.3) is 0 Å². The van der Waals surface area contributed by atoms with E-state index in [1.807, 2.05) is 56.0 Å². The standard InChI is InChI=1S/C25H32N2O5.CH3I/c1-18(19-9-11-20(12-10-19)22(28)29)27-23(30)25(13-15-32-24(2,3)17-25)26-14-16-31-21-7-5-4-6-8-21;1-2/h4-12,18,26H,13-17H2,1-3H3,(H,27,30)(H,28,29);1H3/t18-,25?;/m0./s1. The van der Waals surface area contributed by atoms with Gasteiger partial charge in [-0.05, 0) is 62.0 Å². The van der Waals surface area contributed by atoms with Gasteiger partial charge in [-0.1, -0.05) is 52.9 Å². The quantitative estimate of drug-likeness (QED) is 0.227. The lowest BCUT2D eigenvalue weighted by atomic mass is 9.80. The van der Waals surface area contributed by atoms with Crippen molar-refractivity contribution in [1.82, 2.24) is 10.6 Å². The maximum Gasteiger partial charge on any atom is 0.335 e. The van der Waals surface area contributed by atoms with Crippen molar-refractivity contribution < 1.29 is 24.2 Å². The van der Waals surface area contributed by atoms with Gasteiger partial charge in [0.15, 0.2) is 0 Å². The Hall–Kier alpha value is -2.17. The highest BCUT2D eigenvalue weighted by Gasteiger charge is 2.46. The fourth-order valence-electron chi connectivity index (χ4n) is 4.10. The van der Waals surface area contributed by atoms with Crippen LogP contribution in [0.4, 0.5) is 0 Å². The van der Waals surface area contributed by atoms with Gasteiger partial charge in [0, 0.05) is 19.6 Å². The van der Waals surface area contributed by atoms with Gasteiger partial charge in [0.05, 0.1) is 17.2 Å². The number of rotatable bonds is 9. The Balaban J connectivity index is 0.00000199. The van der Waals surface area contributed by atoms with E-state index in [0.29, 0.717) is 32.6 Å². The molecule has 2 atom stereocenters. The Kier molecular flexibility index (Phi) is 10.8. The number of hydrogen-bond donors (Lipinski definition) is 3. The van der Waals surface area contributed by atoms with Crippen molar-refractivity contribution in [1.29, 1.82) is 0 Å². The molecule has 7 nitrogen and oxygen atoms in total. The van der Waals surface area contributed by atoms with Gasteiger partial charge in [-0.3, -0.25) is 10.1 Å². The molecule has 2 aromatic carbocycles. The number of aromatic carboxylic acids is 1. The fourth-order valence-corrected chi connectivity index (χ4v) is 4.10. The predicted molar refractivity (Wildman–Crippen MR) is 142 cm³/mol. The van der Waals surface area contributed by atoms with Crippen LogP contribution < -0.4 is 15.4 Å². The van der Waals surface area contributed by atoms with Crippen molar-refractivity contribution in [3.05, 3.63) is 65.7 Å². The molecule has 3 rings (SSSR count). The highest BCUT2D eigenvalue weighted by Crippen LogP contribution is 2.33. The monoisotopic (exact) mass is 582 g/mol. The Morgan fingerprint density at radius 2 is 1.76 bits per heavy atom. The highest BCUT2D eigenvalue weighted by atomic mass is 127. The van der Waals surface area contributed by atoms with E-state index in [0.717, 1.165) is 11.3 Å². The average molecular weight is 582 g/mol. The number of ether oxygens (including phenoxy) is 2. The molecule has 1 amide bonds. The zero-order valence-electron chi connectivity index (χ0n) is 20.3. The number of amides is 1. The van der Waals surface area contributed by atoms with Crippen molar-refractivity contribution >= 4 is 34.5 Å². The van der Waals surface area contributed by atoms with Crippen LogP contribution in [0.15, 0.2) is 54.6 Å². The molecule has 3 N–H and O–H groups in total. The van der Waals surface area contributed by atoms with Crippen molar-refractivity contribution in [3.8, 4) is 5.75 Å². The summed E-state index contributed by atoms with van der Waals surface area (Å²) in [4.78, 5) is 26.5. The Morgan fingerprint density at radius 3 is 2.35 bits per heavy atom. The molecule has 1 saturated heterocycles. The molecule has 0 bridgehead atoms. The topological polar surface area (TPSA) is 96.9 Å². The largest absolute Gasteiger partial charge is 0.492 e. The van der Waals surface area contributed by atoms with Crippen LogP contribution in [0, 0.1) is 0 Å². The SMILES string of the molecule is CI.C[C@H](NC(=O)C1(NCCOc2ccccc2)CCOC(C)(C)C1)c1ccc(C(=O)O)cc1. The summed E-state index contributed by atoms with van der Waals surface area (Å²) in [6, 6.07) is 15.9. The van der Waals surface area contributed by atoms with Gasteiger partial charge >= 0.3 is 5.97 Å². The second kappa shape index (κ2) is 13.1. The van der Waals surface area contributed by atoms with Crippen LogP contribution >= 0.6 is 22.6 Å². The highest BCUT2D eigenvalue weighted by molar-refractivity contribution is 14.1. The first-order chi connectivity index (χ1) is 16.2. The summed E-state index contributed by atoms with van der Waals surface area (Å²) in [5.74, 6) is -0.277. The molecule has 1 aliphatic rings. The summed E-state index contributed by atoms with van der Waals surface area (Å²) in [5.41, 5.74) is -0.154. The third kappa shape index (κ3) is 7.95. The van der Waals surface area contributed by atoms with E-state index in [-0.39, 0.29) is 17.5 Å². The zero-order valence-corrected chi connectivity index (χ0v) is 22.4. The van der Waals surface area contributed by atoms with Crippen molar-refractivity contribution in [3.63, 3.8) is 0 Å². The fraction of sp³-hybridized carbons (Fsp3) is 0.462. The molecule has 2 aromatic rings. The summed E-state index contributed by atoms with van der Waals surface area (Å²) in [5, 5.41) is 15.6. The number of para-hydroxylation sites is 1. The van der Waals surface area contributed by atoms with Crippen LogP contribution in [-0.4, -0.2) is 52.8 Å². The number of carbonyl (C=O) groups is 2. The first-order valence-electron chi connectivity index (χ1n) is 11.3. The van der Waals surface area contributed by atoms with Crippen molar-refractivity contribution in [2.24, 2.45) is 0 Å². The van der Waals surface area contributed by atoms with Gasteiger partial charge in [0.25, 0.3) is 0 Å². The number of benzene rings is 2. The minimum Gasteiger partial charge on any atom is -0.492 e. The van der Waals surface area contributed by atoms with Gasteiger partial charge in [-0.25, -0.2) is 4.79 Å². The van der Waals surface area contributed by atoms with Crippen molar-refractivity contribution in [2.45, 2.75) is 50.8 Å². The molecule has 1 aliphatic heterocycles. The van der Waals surface area contributed by atoms with E-state index in [2.05, 4.69) is 33.2 Å².